The summed E-state index contributed by atoms with van der Waals surface area (Å²) in [5, 5.41) is 6.76. The highest BCUT2D eigenvalue weighted by Gasteiger charge is 2.12. The van der Waals surface area contributed by atoms with E-state index in [2.05, 4.69) is 33.6 Å². The Labute approximate surface area is 185 Å². The molecule has 0 aliphatic heterocycles. The summed E-state index contributed by atoms with van der Waals surface area (Å²) in [6.07, 6.45) is 4.56. The van der Waals surface area contributed by atoms with Crippen LogP contribution in [0.2, 0.25) is 0 Å². The molecule has 0 amide bonds. The van der Waals surface area contributed by atoms with Gasteiger partial charge in [-0.2, -0.15) is 0 Å². The highest BCUT2D eigenvalue weighted by molar-refractivity contribution is 14.0. The standard InChI is InChI=1S/C21H30N4O2.HI/c1-5-26-19-10-9-18(14-20(19)27-6-2)16(3)25-21(22-4)24-13-11-17-8-7-12-23-15-17;/h7-10,12,14-16H,5-6,11,13H2,1-4H3,(H2,22,24,25);1H. The van der Waals surface area contributed by atoms with Crippen molar-refractivity contribution in [1.29, 1.82) is 0 Å². The number of nitrogens with zero attached hydrogens (tertiary/aromatic N) is 2. The van der Waals surface area contributed by atoms with Crippen LogP contribution in [-0.4, -0.2) is 37.7 Å². The number of ether oxygens (including phenoxy) is 2. The Morgan fingerprint density at radius 2 is 1.89 bits per heavy atom. The van der Waals surface area contributed by atoms with Crippen LogP contribution in [0.1, 0.15) is 37.9 Å². The number of aromatic nitrogens is 1. The zero-order chi connectivity index (χ0) is 19.5. The van der Waals surface area contributed by atoms with Crippen LogP contribution in [0.4, 0.5) is 0 Å². The van der Waals surface area contributed by atoms with Gasteiger partial charge in [0.2, 0.25) is 0 Å². The van der Waals surface area contributed by atoms with Gasteiger partial charge in [-0.3, -0.25) is 9.98 Å². The highest BCUT2D eigenvalue weighted by atomic mass is 127. The molecular formula is C21H31IN4O2. The van der Waals surface area contributed by atoms with E-state index in [1.54, 1.807) is 13.2 Å². The molecule has 1 heterocycles. The molecule has 0 aliphatic carbocycles. The summed E-state index contributed by atoms with van der Waals surface area (Å²) in [4.78, 5) is 8.45. The topological polar surface area (TPSA) is 67.8 Å². The van der Waals surface area contributed by atoms with E-state index in [0.29, 0.717) is 13.2 Å². The summed E-state index contributed by atoms with van der Waals surface area (Å²) < 4.78 is 11.4. The Hall–Kier alpha value is -2.03. The number of halogens is 1. The van der Waals surface area contributed by atoms with E-state index in [1.807, 2.05) is 44.3 Å². The predicted molar refractivity (Wildman–Crippen MR) is 125 cm³/mol. The fourth-order valence-corrected chi connectivity index (χ4v) is 2.69. The second kappa shape index (κ2) is 13.2. The third kappa shape index (κ3) is 7.53. The average Bonchev–Trinajstić information content (AvgIpc) is 2.69. The summed E-state index contributed by atoms with van der Waals surface area (Å²) in [7, 11) is 1.77. The number of benzene rings is 1. The first-order valence-electron chi connectivity index (χ1n) is 9.43. The normalized spacial score (nSPS) is 11.9. The summed E-state index contributed by atoms with van der Waals surface area (Å²) in [6.45, 7) is 8.03. The lowest BCUT2D eigenvalue weighted by Gasteiger charge is -2.20. The van der Waals surface area contributed by atoms with Crippen LogP contribution in [0.15, 0.2) is 47.7 Å². The van der Waals surface area contributed by atoms with Crippen molar-refractivity contribution in [3.05, 3.63) is 53.9 Å². The van der Waals surface area contributed by atoms with Gasteiger partial charge in [-0.25, -0.2) is 0 Å². The Balaban J connectivity index is 0.00000392. The Morgan fingerprint density at radius 3 is 2.54 bits per heavy atom. The van der Waals surface area contributed by atoms with Crippen LogP contribution in [0, 0.1) is 0 Å². The van der Waals surface area contributed by atoms with E-state index < -0.39 is 0 Å². The number of hydrogen-bond acceptors (Lipinski definition) is 4. The van der Waals surface area contributed by atoms with Crippen molar-refractivity contribution in [1.82, 2.24) is 15.6 Å². The van der Waals surface area contributed by atoms with Crippen LogP contribution in [-0.2, 0) is 6.42 Å². The number of pyridine rings is 1. The SMILES string of the molecule is CCOc1ccc(C(C)NC(=NC)NCCc2cccnc2)cc1OCC.I. The van der Waals surface area contributed by atoms with Gasteiger partial charge < -0.3 is 20.1 Å². The summed E-state index contributed by atoms with van der Waals surface area (Å²) in [5.74, 6) is 2.30. The van der Waals surface area contributed by atoms with Crippen molar-refractivity contribution in [2.45, 2.75) is 33.2 Å². The minimum atomic E-state index is 0. The molecule has 0 spiro atoms. The van der Waals surface area contributed by atoms with E-state index in [4.69, 9.17) is 9.47 Å². The fourth-order valence-electron chi connectivity index (χ4n) is 2.69. The van der Waals surface area contributed by atoms with Crippen LogP contribution in [0.5, 0.6) is 11.5 Å². The van der Waals surface area contributed by atoms with Gasteiger partial charge in [-0.05, 0) is 56.5 Å². The molecule has 0 bridgehead atoms. The van der Waals surface area contributed by atoms with Crippen LogP contribution >= 0.6 is 24.0 Å². The summed E-state index contributed by atoms with van der Waals surface area (Å²) in [5.41, 5.74) is 2.30. The number of rotatable bonds is 9. The highest BCUT2D eigenvalue weighted by Crippen LogP contribution is 2.30. The molecule has 2 rings (SSSR count). The zero-order valence-electron chi connectivity index (χ0n) is 17.1. The third-order valence-electron chi connectivity index (χ3n) is 4.07. The van der Waals surface area contributed by atoms with Gasteiger partial charge in [0.1, 0.15) is 0 Å². The van der Waals surface area contributed by atoms with Gasteiger partial charge in [0, 0.05) is 26.0 Å². The molecule has 0 aliphatic rings. The molecule has 1 atom stereocenters. The molecule has 1 aromatic heterocycles. The maximum Gasteiger partial charge on any atom is 0.191 e. The smallest absolute Gasteiger partial charge is 0.191 e. The van der Waals surface area contributed by atoms with Gasteiger partial charge in [0.05, 0.1) is 19.3 Å². The number of aliphatic imine (C=N–C) groups is 1. The molecule has 1 aromatic carbocycles. The van der Waals surface area contributed by atoms with Gasteiger partial charge in [0.25, 0.3) is 0 Å². The molecule has 2 N–H and O–H groups in total. The number of hydrogen-bond donors (Lipinski definition) is 2. The first-order valence-corrected chi connectivity index (χ1v) is 9.43. The fraction of sp³-hybridized carbons (Fsp3) is 0.429. The molecule has 0 radical (unpaired) electrons. The largest absolute Gasteiger partial charge is 0.490 e. The van der Waals surface area contributed by atoms with E-state index in [0.717, 1.165) is 36.0 Å². The number of guanidine groups is 1. The lowest BCUT2D eigenvalue weighted by atomic mass is 10.1. The molecule has 2 aromatic rings. The summed E-state index contributed by atoms with van der Waals surface area (Å²) in [6, 6.07) is 10.1. The first kappa shape index (κ1) is 24.0. The predicted octanol–water partition coefficient (Wildman–Crippen LogP) is 3.97. The van der Waals surface area contributed by atoms with E-state index >= 15 is 0 Å². The average molecular weight is 498 g/mol. The molecule has 28 heavy (non-hydrogen) atoms. The van der Waals surface area contributed by atoms with Crippen molar-refractivity contribution < 1.29 is 9.47 Å². The molecule has 0 saturated heterocycles. The lowest BCUT2D eigenvalue weighted by Crippen LogP contribution is -2.39. The second-order valence-electron chi connectivity index (χ2n) is 6.05. The minimum Gasteiger partial charge on any atom is -0.490 e. The number of nitrogens with one attached hydrogen (secondary N) is 2. The van der Waals surface area contributed by atoms with Crippen molar-refractivity contribution in [2.24, 2.45) is 4.99 Å². The van der Waals surface area contributed by atoms with E-state index in [9.17, 15) is 0 Å². The van der Waals surface area contributed by atoms with Crippen molar-refractivity contribution in [3.8, 4) is 11.5 Å². The van der Waals surface area contributed by atoms with Gasteiger partial charge >= 0.3 is 0 Å². The molecule has 0 saturated carbocycles. The molecule has 7 heteroatoms. The lowest BCUT2D eigenvalue weighted by molar-refractivity contribution is 0.287. The van der Waals surface area contributed by atoms with Crippen LogP contribution < -0.4 is 20.1 Å². The van der Waals surface area contributed by atoms with Crippen molar-refractivity contribution in [3.63, 3.8) is 0 Å². The Morgan fingerprint density at radius 1 is 1.14 bits per heavy atom. The molecule has 0 fully saturated rings. The van der Waals surface area contributed by atoms with E-state index in [-0.39, 0.29) is 30.0 Å². The van der Waals surface area contributed by atoms with Crippen molar-refractivity contribution >= 4 is 29.9 Å². The molecular weight excluding hydrogens is 467 g/mol. The molecule has 154 valence electrons. The maximum atomic E-state index is 5.72. The molecule has 6 nitrogen and oxygen atoms in total. The van der Waals surface area contributed by atoms with Crippen LogP contribution in [0.25, 0.3) is 0 Å². The third-order valence-corrected chi connectivity index (χ3v) is 4.07. The quantitative estimate of drug-likeness (QED) is 0.311. The van der Waals surface area contributed by atoms with Crippen LogP contribution in [0.3, 0.4) is 0 Å². The minimum absolute atomic E-state index is 0. The zero-order valence-corrected chi connectivity index (χ0v) is 19.4. The van der Waals surface area contributed by atoms with E-state index in [1.165, 1.54) is 5.56 Å². The Bertz CT molecular complexity index is 726. The van der Waals surface area contributed by atoms with Gasteiger partial charge in [-0.15, -0.1) is 24.0 Å². The Kier molecular flexibility index (Phi) is 11.3. The maximum absolute atomic E-state index is 5.72. The second-order valence-corrected chi connectivity index (χ2v) is 6.05. The summed E-state index contributed by atoms with van der Waals surface area (Å²) >= 11 is 0. The molecule has 1 unspecified atom stereocenters. The van der Waals surface area contributed by atoms with Crippen molar-refractivity contribution in [2.75, 3.05) is 26.8 Å². The van der Waals surface area contributed by atoms with Gasteiger partial charge in [0.15, 0.2) is 17.5 Å². The monoisotopic (exact) mass is 498 g/mol. The first-order chi connectivity index (χ1) is 13.2. The van der Waals surface area contributed by atoms with Gasteiger partial charge in [-0.1, -0.05) is 12.1 Å².